The zero-order valence-corrected chi connectivity index (χ0v) is 11.8. The van der Waals surface area contributed by atoms with Crippen LogP contribution in [-0.4, -0.2) is 40.5 Å². The van der Waals surface area contributed by atoms with Crippen molar-refractivity contribution in [1.29, 1.82) is 0 Å². The normalized spacial score (nSPS) is 17.9. The summed E-state index contributed by atoms with van der Waals surface area (Å²) in [5, 5.41) is 7.02. The Hall–Kier alpha value is -2.21. The number of nitrogens with one attached hydrogen (secondary N) is 1. The minimum atomic E-state index is -0.318. The number of aryl methyl sites for hydroxylation is 1. The lowest BCUT2D eigenvalue weighted by molar-refractivity contribution is 0.0270. The van der Waals surface area contributed by atoms with E-state index in [0.29, 0.717) is 24.6 Å². The molecule has 21 heavy (non-hydrogen) atoms. The molecule has 0 saturated carbocycles. The zero-order valence-electron chi connectivity index (χ0n) is 11.8. The highest BCUT2D eigenvalue weighted by atomic mass is 16.6. The predicted molar refractivity (Wildman–Crippen MR) is 75.8 cm³/mol. The summed E-state index contributed by atoms with van der Waals surface area (Å²) in [7, 11) is 0. The Morgan fingerprint density at radius 2 is 2.24 bits per heavy atom. The van der Waals surface area contributed by atoms with Crippen LogP contribution in [-0.2, 0) is 15.9 Å². The van der Waals surface area contributed by atoms with E-state index in [-0.39, 0.29) is 12.1 Å². The number of H-pyrrole nitrogens is 1. The molecule has 2 aromatic rings. The molecule has 1 aromatic heterocycles. The van der Waals surface area contributed by atoms with Gasteiger partial charge < -0.3 is 9.47 Å². The van der Waals surface area contributed by atoms with Crippen LogP contribution in [0.15, 0.2) is 24.3 Å². The lowest BCUT2D eigenvalue weighted by atomic mass is 10.1. The summed E-state index contributed by atoms with van der Waals surface area (Å²) in [6.45, 7) is 3.15. The Bertz CT molecular complexity index is 615. The van der Waals surface area contributed by atoms with Crippen LogP contribution in [0, 0.1) is 0 Å². The number of aromatic nitrogens is 3. The van der Waals surface area contributed by atoms with Crippen LogP contribution in [0.4, 0.5) is 0 Å². The Morgan fingerprint density at radius 3 is 2.86 bits per heavy atom. The molecule has 110 valence electrons. The van der Waals surface area contributed by atoms with E-state index in [1.54, 1.807) is 12.1 Å². The van der Waals surface area contributed by atoms with E-state index in [1.807, 2.05) is 19.1 Å². The zero-order chi connectivity index (χ0) is 14.7. The molecule has 1 atom stereocenters. The van der Waals surface area contributed by atoms with Gasteiger partial charge in [-0.3, -0.25) is 5.10 Å². The molecule has 1 aromatic carbocycles. The van der Waals surface area contributed by atoms with Crippen molar-refractivity contribution in [1.82, 2.24) is 15.2 Å². The summed E-state index contributed by atoms with van der Waals surface area (Å²) in [5.41, 5.74) is 1.39. The average Bonchev–Trinajstić information content (AvgIpc) is 3.18. The van der Waals surface area contributed by atoms with Crippen LogP contribution >= 0.6 is 0 Å². The van der Waals surface area contributed by atoms with Gasteiger partial charge in [0.25, 0.3) is 0 Å². The first-order valence-electron chi connectivity index (χ1n) is 7.06. The number of carbonyl (C=O) groups excluding carboxylic acids is 1. The van der Waals surface area contributed by atoms with Gasteiger partial charge in [-0.2, -0.15) is 5.10 Å². The van der Waals surface area contributed by atoms with Gasteiger partial charge in [0.05, 0.1) is 18.8 Å². The van der Waals surface area contributed by atoms with E-state index >= 15 is 0 Å². The summed E-state index contributed by atoms with van der Waals surface area (Å²) in [5.74, 6) is 1.16. The highest BCUT2D eigenvalue weighted by Gasteiger charge is 2.20. The van der Waals surface area contributed by atoms with E-state index in [2.05, 4.69) is 15.2 Å². The van der Waals surface area contributed by atoms with Gasteiger partial charge in [-0.25, -0.2) is 9.78 Å². The van der Waals surface area contributed by atoms with Crippen LogP contribution in [0.2, 0.25) is 0 Å². The first kappa shape index (κ1) is 13.8. The largest absolute Gasteiger partial charge is 0.456 e. The first-order chi connectivity index (χ1) is 10.3. The maximum atomic E-state index is 12.0. The van der Waals surface area contributed by atoms with Crippen molar-refractivity contribution in [3.05, 3.63) is 35.7 Å². The van der Waals surface area contributed by atoms with Crippen molar-refractivity contribution in [2.45, 2.75) is 25.9 Å². The van der Waals surface area contributed by atoms with Crippen LogP contribution < -0.4 is 0 Å². The second kappa shape index (κ2) is 6.05. The Balaban J connectivity index is 1.69. The van der Waals surface area contributed by atoms with E-state index in [0.717, 1.165) is 24.2 Å². The number of rotatable bonds is 4. The van der Waals surface area contributed by atoms with Crippen LogP contribution in [0.1, 0.15) is 29.5 Å². The SMILES string of the molecule is CCc1nc(-c2ccc(C(=O)OC3CCOC3)cc2)n[nH]1. The molecule has 1 aliphatic heterocycles. The number of hydrogen-bond donors (Lipinski definition) is 1. The maximum absolute atomic E-state index is 12.0. The van der Waals surface area contributed by atoms with Gasteiger partial charge in [0.1, 0.15) is 11.9 Å². The average molecular weight is 287 g/mol. The van der Waals surface area contributed by atoms with Gasteiger partial charge in [-0.15, -0.1) is 0 Å². The maximum Gasteiger partial charge on any atom is 0.338 e. The third-order valence-electron chi connectivity index (χ3n) is 3.41. The molecular formula is C15H17N3O3. The van der Waals surface area contributed by atoms with E-state index in [4.69, 9.17) is 9.47 Å². The molecule has 6 heteroatoms. The molecule has 1 N–H and O–H groups in total. The third-order valence-corrected chi connectivity index (χ3v) is 3.41. The number of ether oxygens (including phenoxy) is 2. The number of aromatic amines is 1. The summed E-state index contributed by atoms with van der Waals surface area (Å²) in [6.07, 6.45) is 1.44. The molecule has 2 heterocycles. The first-order valence-corrected chi connectivity index (χ1v) is 7.06. The molecule has 1 unspecified atom stereocenters. The molecule has 1 fully saturated rings. The summed E-state index contributed by atoms with van der Waals surface area (Å²) < 4.78 is 10.5. The smallest absolute Gasteiger partial charge is 0.338 e. The Labute approximate surface area is 122 Å². The van der Waals surface area contributed by atoms with Gasteiger partial charge in [-0.1, -0.05) is 19.1 Å². The molecule has 0 bridgehead atoms. The fourth-order valence-corrected chi connectivity index (χ4v) is 2.16. The van der Waals surface area contributed by atoms with E-state index in [1.165, 1.54) is 0 Å². The lowest BCUT2D eigenvalue weighted by Gasteiger charge is -2.09. The van der Waals surface area contributed by atoms with E-state index < -0.39 is 0 Å². The van der Waals surface area contributed by atoms with Gasteiger partial charge in [-0.05, 0) is 12.1 Å². The van der Waals surface area contributed by atoms with Crippen LogP contribution in [0.25, 0.3) is 11.4 Å². The van der Waals surface area contributed by atoms with Crippen molar-refractivity contribution in [3.63, 3.8) is 0 Å². The highest BCUT2D eigenvalue weighted by molar-refractivity contribution is 5.90. The lowest BCUT2D eigenvalue weighted by Crippen LogP contribution is -2.17. The highest BCUT2D eigenvalue weighted by Crippen LogP contribution is 2.17. The summed E-state index contributed by atoms with van der Waals surface area (Å²) >= 11 is 0. The fraction of sp³-hybridized carbons (Fsp3) is 0.400. The fourth-order valence-electron chi connectivity index (χ4n) is 2.16. The predicted octanol–water partition coefficient (Wildman–Crippen LogP) is 1.98. The monoisotopic (exact) mass is 287 g/mol. The van der Waals surface area contributed by atoms with Crippen molar-refractivity contribution < 1.29 is 14.3 Å². The number of carbonyl (C=O) groups is 1. The molecule has 1 saturated heterocycles. The molecule has 0 radical (unpaired) electrons. The topological polar surface area (TPSA) is 77.1 Å². The van der Waals surface area contributed by atoms with Gasteiger partial charge in [0.15, 0.2) is 5.82 Å². The molecule has 0 amide bonds. The Morgan fingerprint density at radius 1 is 1.43 bits per heavy atom. The van der Waals surface area contributed by atoms with Crippen LogP contribution in [0.5, 0.6) is 0 Å². The summed E-state index contributed by atoms with van der Waals surface area (Å²) in [6, 6.07) is 7.11. The quantitative estimate of drug-likeness (QED) is 0.870. The molecular weight excluding hydrogens is 270 g/mol. The molecule has 1 aliphatic rings. The minimum absolute atomic E-state index is 0.128. The van der Waals surface area contributed by atoms with Gasteiger partial charge in [0, 0.05) is 18.4 Å². The summed E-state index contributed by atoms with van der Waals surface area (Å²) in [4.78, 5) is 16.3. The molecule has 0 aliphatic carbocycles. The van der Waals surface area contributed by atoms with Gasteiger partial charge >= 0.3 is 5.97 Å². The molecule has 6 nitrogen and oxygen atoms in total. The van der Waals surface area contributed by atoms with Crippen molar-refractivity contribution in [2.24, 2.45) is 0 Å². The second-order valence-corrected chi connectivity index (χ2v) is 4.93. The molecule has 3 rings (SSSR count). The van der Waals surface area contributed by atoms with Crippen molar-refractivity contribution in [3.8, 4) is 11.4 Å². The number of nitrogens with zero attached hydrogens (tertiary/aromatic N) is 2. The number of esters is 1. The number of hydrogen-bond acceptors (Lipinski definition) is 5. The third kappa shape index (κ3) is 3.11. The van der Waals surface area contributed by atoms with Gasteiger partial charge in [0.2, 0.25) is 0 Å². The van der Waals surface area contributed by atoms with Crippen LogP contribution in [0.3, 0.4) is 0 Å². The second-order valence-electron chi connectivity index (χ2n) is 4.93. The number of benzene rings is 1. The van der Waals surface area contributed by atoms with Crippen molar-refractivity contribution >= 4 is 5.97 Å². The standard InChI is InChI=1S/C15H17N3O3/c1-2-13-16-14(18-17-13)10-3-5-11(6-4-10)15(19)21-12-7-8-20-9-12/h3-6,12H,2,7-9H2,1H3,(H,16,17,18). The van der Waals surface area contributed by atoms with E-state index in [9.17, 15) is 4.79 Å². The minimum Gasteiger partial charge on any atom is -0.456 e. The Kier molecular flexibility index (Phi) is 3.96. The van der Waals surface area contributed by atoms with Crippen molar-refractivity contribution in [2.75, 3.05) is 13.2 Å². The molecule has 0 spiro atoms.